The molecule has 0 saturated carbocycles. The zero-order valence-electron chi connectivity index (χ0n) is 15.7. The first-order valence-electron chi connectivity index (χ1n) is 9.08. The minimum atomic E-state index is -0.649. The highest BCUT2D eigenvalue weighted by Crippen LogP contribution is 2.30. The SMILES string of the molecule is COc1ccccc1-c1cc(C(=O)N2CCC(CC(C)(C)O)CC2)[nH]n1. The first-order valence-corrected chi connectivity index (χ1v) is 9.08. The predicted octanol–water partition coefficient (Wildman–Crippen LogP) is 3.10. The Balaban J connectivity index is 1.66. The van der Waals surface area contributed by atoms with Gasteiger partial charge in [0.25, 0.3) is 5.91 Å². The number of ether oxygens (including phenoxy) is 1. The van der Waals surface area contributed by atoms with Crippen LogP contribution in [-0.2, 0) is 0 Å². The molecule has 0 aliphatic carbocycles. The van der Waals surface area contributed by atoms with Gasteiger partial charge in [-0.05, 0) is 57.2 Å². The summed E-state index contributed by atoms with van der Waals surface area (Å²) in [5, 5.41) is 17.1. The molecule has 2 N–H and O–H groups in total. The van der Waals surface area contributed by atoms with Gasteiger partial charge >= 0.3 is 0 Å². The number of hydrogen-bond donors (Lipinski definition) is 2. The van der Waals surface area contributed by atoms with Crippen molar-refractivity contribution in [3.8, 4) is 17.0 Å². The number of rotatable bonds is 5. The van der Waals surface area contributed by atoms with Crippen molar-refractivity contribution < 1.29 is 14.6 Å². The third-order valence-electron chi connectivity index (χ3n) is 4.88. The Bertz CT molecular complexity index is 756. The van der Waals surface area contributed by atoms with Gasteiger partial charge in [0.05, 0.1) is 18.4 Å². The molecule has 140 valence electrons. The highest BCUT2D eigenvalue weighted by Gasteiger charge is 2.28. The summed E-state index contributed by atoms with van der Waals surface area (Å²) in [7, 11) is 1.62. The maximum absolute atomic E-state index is 12.8. The monoisotopic (exact) mass is 357 g/mol. The Labute approximate surface area is 154 Å². The second kappa shape index (κ2) is 7.50. The minimum Gasteiger partial charge on any atom is -0.496 e. The Morgan fingerprint density at radius 2 is 2.04 bits per heavy atom. The molecule has 1 aromatic heterocycles. The van der Waals surface area contributed by atoms with E-state index >= 15 is 0 Å². The van der Waals surface area contributed by atoms with E-state index in [4.69, 9.17) is 4.74 Å². The molecule has 1 aromatic carbocycles. The molecule has 1 saturated heterocycles. The smallest absolute Gasteiger partial charge is 0.271 e. The number of likely N-dealkylation sites (tertiary alicyclic amines) is 1. The van der Waals surface area contributed by atoms with Gasteiger partial charge in [0, 0.05) is 18.7 Å². The molecule has 1 aliphatic rings. The van der Waals surface area contributed by atoms with Crippen molar-refractivity contribution in [2.24, 2.45) is 5.92 Å². The van der Waals surface area contributed by atoms with Gasteiger partial charge in [0.15, 0.2) is 0 Å². The van der Waals surface area contributed by atoms with Gasteiger partial charge in [0.2, 0.25) is 0 Å². The largest absolute Gasteiger partial charge is 0.496 e. The van der Waals surface area contributed by atoms with Crippen molar-refractivity contribution in [1.82, 2.24) is 15.1 Å². The second-order valence-electron chi connectivity index (χ2n) is 7.62. The van der Waals surface area contributed by atoms with E-state index in [2.05, 4.69) is 10.2 Å². The van der Waals surface area contributed by atoms with Crippen LogP contribution in [0.15, 0.2) is 30.3 Å². The van der Waals surface area contributed by atoms with Crippen LogP contribution in [0.2, 0.25) is 0 Å². The van der Waals surface area contributed by atoms with Gasteiger partial charge in [-0.3, -0.25) is 9.89 Å². The molecule has 2 heterocycles. The Hall–Kier alpha value is -2.34. The average Bonchev–Trinajstić information content (AvgIpc) is 3.10. The lowest BCUT2D eigenvalue weighted by molar-refractivity contribution is 0.0357. The van der Waals surface area contributed by atoms with Gasteiger partial charge in [-0.2, -0.15) is 5.10 Å². The summed E-state index contributed by atoms with van der Waals surface area (Å²) in [4.78, 5) is 14.6. The molecule has 6 heteroatoms. The van der Waals surface area contributed by atoms with E-state index in [0.717, 1.165) is 30.6 Å². The van der Waals surface area contributed by atoms with Crippen LogP contribution in [0.25, 0.3) is 11.3 Å². The minimum absolute atomic E-state index is 0.0274. The number of aromatic nitrogens is 2. The number of methoxy groups -OCH3 is 1. The molecule has 2 aromatic rings. The van der Waals surface area contributed by atoms with E-state index in [1.807, 2.05) is 43.0 Å². The third kappa shape index (κ3) is 4.25. The number of nitrogens with zero attached hydrogens (tertiary/aromatic N) is 2. The first-order chi connectivity index (χ1) is 12.4. The summed E-state index contributed by atoms with van der Waals surface area (Å²) in [5.41, 5.74) is 1.40. The van der Waals surface area contributed by atoms with Crippen LogP contribution in [0.1, 0.15) is 43.6 Å². The van der Waals surface area contributed by atoms with Crippen molar-refractivity contribution in [2.45, 2.75) is 38.7 Å². The topological polar surface area (TPSA) is 78.5 Å². The number of aliphatic hydroxyl groups is 1. The molecule has 1 fully saturated rings. The third-order valence-corrected chi connectivity index (χ3v) is 4.88. The molecule has 0 atom stereocenters. The quantitative estimate of drug-likeness (QED) is 0.862. The van der Waals surface area contributed by atoms with E-state index in [1.54, 1.807) is 13.2 Å². The molecule has 0 bridgehead atoms. The lowest BCUT2D eigenvalue weighted by atomic mass is 9.86. The molecule has 26 heavy (non-hydrogen) atoms. The molecular formula is C20H27N3O3. The summed E-state index contributed by atoms with van der Waals surface area (Å²) in [6.07, 6.45) is 2.61. The molecule has 0 radical (unpaired) electrons. The fourth-order valence-corrected chi connectivity index (χ4v) is 3.64. The number of carbonyl (C=O) groups is 1. The summed E-state index contributed by atoms with van der Waals surface area (Å²) >= 11 is 0. The molecule has 0 unspecified atom stereocenters. The number of nitrogens with one attached hydrogen (secondary N) is 1. The highest BCUT2D eigenvalue weighted by molar-refractivity contribution is 5.93. The van der Waals surface area contributed by atoms with E-state index in [9.17, 15) is 9.90 Å². The zero-order chi connectivity index (χ0) is 18.7. The van der Waals surface area contributed by atoms with Gasteiger partial charge in [0.1, 0.15) is 11.4 Å². The molecule has 1 amide bonds. The maximum atomic E-state index is 12.8. The predicted molar refractivity (Wildman–Crippen MR) is 100 cm³/mol. The Morgan fingerprint density at radius 3 is 2.69 bits per heavy atom. The van der Waals surface area contributed by atoms with E-state index in [-0.39, 0.29) is 5.91 Å². The van der Waals surface area contributed by atoms with Crippen molar-refractivity contribution >= 4 is 5.91 Å². The van der Waals surface area contributed by atoms with E-state index in [0.29, 0.717) is 30.4 Å². The van der Waals surface area contributed by atoms with E-state index in [1.165, 1.54) is 0 Å². The number of para-hydroxylation sites is 1. The molecule has 3 rings (SSSR count). The first kappa shape index (κ1) is 18.5. The number of amides is 1. The summed E-state index contributed by atoms with van der Waals surface area (Å²) in [6, 6.07) is 9.40. The fraction of sp³-hybridized carbons (Fsp3) is 0.500. The van der Waals surface area contributed by atoms with Crippen molar-refractivity contribution in [3.05, 3.63) is 36.0 Å². The Kier molecular flexibility index (Phi) is 5.32. The van der Waals surface area contributed by atoms with Gasteiger partial charge < -0.3 is 14.7 Å². The number of piperidine rings is 1. The lowest BCUT2D eigenvalue weighted by Crippen LogP contribution is -2.40. The Morgan fingerprint density at radius 1 is 1.35 bits per heavy atom. The van der Waals surface area contributed by atoms with Gasteiger partial charge in [-0.1, -0.05) is 12.1 Å². The van der Waals surface area contributed by atoms with Crippen LogP contribution in [0.4, 0.5) is 0 Å². The van der Waals surface area contributed by atoms with Gasteiger partial charge in [-0.15, -0.1) is 0 Å². The van der Waals surface area contributed by atoms with Crippen molar-refractivity contribution in [2.75, 3.05) is 20.2 Å². The molecule has 6 nitrogen and oxygen atoms in total. The van der Waals surface area contributed by atoms with Crippen molar-refractivity contribution in [3.63, 3.8) is 0 Å². The normalized spacial score (nSPS) is 15.9. The van der Waals surface area contributed by atoms with Crippen molar-refractivity contribution in [1.29, 1.82) is 0 Å². The van der Waals surface area contributed by atoms with Crippen LogP contribution >= 0.6 is 0 Å². The maximum Gasteiger partial charge on any atom is 0.271 e. The van der Waals surface area contributed by atoms with E-state index < -0.39 is 5.60 Å². The average molecular weight is 357 g/mol. The second-order valence-corrected chi connectivity index (χ2v) is 7.62. The standard InChI is InChI=1S/C20H27N3O3/c1-20(2,25)13-14-8-10-23(11-9-14)19(24)17-12-16(21-22-17)15-6-4-5-7-18(15)26-3/h4-7,12,14,25H,8-11,13H2,1-3H3,(H,21,22). The van der Waals surface area contributed by atoms with Gasteiger partial charge in [-0.25, -0.2) is 0 Å². The summed E-state index contributed by atoms with van der Waals surface area (Å²) < 4.78 is 5.37. The molecule has 1 aliphatic heterocycles. The fourth-order valence-electron chi connectivity index (χ4n) is 3.64. The molecule has 0 spiro atoms. The highest BCUT2D eigenvalue weighted by atomic mass is 16.5. The number of aromatic amines is 1. The molecular weight excluding hydrogens is 330 g/mol. The number of carbonyl (C=O) groups excluding carboxylic acids is 1. The lowest BCUT2D eigenvalue weighted by Gasteiger charge is -2.34. The van der Waals surface area contributed by atoms with Crippen LogP contribution in [0.5, 0.6) is 5.75 Å². The summed E-state index contributed by atoms with van der Waals surface area (Å²) in [5.74, 6) is 1.16. The number of H-pyrrole nitrogens is 1. The van der Waals surface area contributed by atoms with Crippen LogP contribution < -0.4 is 4.74 Å². The number of hydrogen-bond acceptors (Lipinski definition) is 4. The zero-order valence-corrected chi connectivity index (χ0v) is 15.7. The summed E-state index contributed by atoms with van der Waals surface area (Å²) in [6.45, 7) is 5.11. The van der Waals surface area contributed by atoms with Crippen LogP contribution in [0, 0.1) is 5.92 Å². The number of benzene rings is 1. The van der Waals surface area contributed by atoms with Crippen LogP contribution in [0.3, 0.4) is 0 Å². The van der Waals surface area contributed by atoms with Crippen LogP contribution in [-0.4, -0.2) is 51.9 Å².